The highest BCUT2D eigenvalue weighted by atomic mass is 32.2. The van der Waals surface area contributed by atoms with Crippen LogP contribution in [-0.2, 0) is 26.0 Å². The molecule has 24 heavy (non-hydrogen) atoms. The van der Waals surface area contributed by atoms with Gasteiger partial charge in [-0.3, -0.25) is 9.59 Å². The quantitative estimate of drug-likeness (QED) is 0.643. The molecule has 0 fully saturated rings. The molecule has 1 aromatic carbocycles. The van der Waals surface area contributed by atoms with Gasteiger partial charge in [-0.1, -0.05) is 44.2 Å². The van der Waals surface area contributed by atoms with Gasteiger partial charge in [0.05, 0.1) is 5.92 Å². The van der Waals surface area contributed by atoms with Gasteiger partial charge in [0.15, 0.2) is 0 Å². The van der Waals surface area contributed by atoms with Crippen molar-refractivity contribution in [1.82, 2.24) is 9.62 Å². The van der Waals surface area contributed by atoms with Crippen LogP contribution in [0.25, 0.3) is 0 Å². The zero-order valence-electron chi connectivity index (χ0n) is 13.9. The molecule has 0 saturated heterocycles. The Hall–Kier alpha value is -1.93. The fourth-order valence-corrected chi connectivity index (χ4v) is 3.71. The van der Waals surface area contributed by atoms with Gasteiger partial charge in [-0.2, -0.15) is 0 Å². The van der Waals surface area contributed by atoms with Crippen molar-refractivity contribution in [3.8, 4) is 0 Å². The standard InChI is InChI=1S/C16H24N2O5S/c1-3-18(4-2)24(22,23)12-15(19)17-11-14(16(20)21)10-13-8-6-5-7-9-13/h5-9,14H,3-4,10-12H2,1-2H3,(H,17,19)(H,20,21). The number of carbonyl (C=O) groups is 2. The van der Waals surface area contributed by atoms with Crippen LogP contribution in [0.3, 0.4) is 0 Å². The minimum Gasteiger partial charge on any atom is -0.481 e. The fraction of sp³-hybridized carbons (Fsp3) is 0.500. The number of aliphatic carboxylic acids is 1. The number of hydrogen-bond acceptors (Lipinski definition) is 4. The Kier molecular flexibility index (Phi) is 7.87. The highest BCUT2D eigenvalue weighted by Gasteiger charge is 2.24. The van der Waals surface area contributed by atoms with Crippen LogP contribution >= 0.6 is 0 Å². The van der Waals surface area contributed by atoms with E-state index < -0.39 is 33.6 Å². The third kappa shape index (κ3) is 6.29. The van der Waals surface area contributed by atoms with E-state index in [0.29, 0.717) is 0 Å². The van der Waals surface area contributed by atoms with Crippen LogP contribution in [0.5, 0.6) is 0 Å². The molecular weight excluding hydrogens is 332 g/mol. The van der Waals surface area contributed by atoms with Crippen LogP contribution in [0.15, 0.2) is 30.3 Å². The second-order valence-corrected chi connectivity index (χ2v) is 7.34. The lowest BCUT2D eigenvalue weighted by Gasteiger charge is -2.18. The van der Waals surface area contributed by atoms with Gasteiger partial charge in [-0.05, 0) is 12.0 Å². The van der Waals surface area contributed by atoms with Gasteiger partial charge in [0, 0.05) is 19.6 Å². The van der Waals surface area contributed by atoms with Gasteiger partial charge in [0.2, 0.25) is 15.9 Å². The van der Waals surface area contributed by atoms with Crippen molar-refractivity contribution in [3.05, 3.63) is 35.9 Å². The fourth-order valence-electron chi connectivity index (χ4n) is 2.31. The molecule has 0 saturated carbocycles. The third-order valence-electron chi connectivity index (χ3n) is 3.63. The lowest BCUT2D eigenvalue weighted by molar-refractivity contribution is -0.141. The number of carboxylic acids is 1. The Balaban J connectivity index is 2.61. The van der Waals surface area contributed by atoms with Gasteiger partial charge in [-0.25, -0.2) is 12.7 Å². The Labute approximate surface area is 142 Å². The van der Waals surface area contributed by atoms with E-state index in [2.05, 4.69) is 5.32 Å². The maximum atomic E-state index is 12.0. The smallest absolute Gasteiger partial charge is 0.308 e. The first kappa shape index (κ1) is 20.1. The minimum absolute atomic E-state index is 0.114. The zero-order valence-corrected chi connectivity index (χ0v) is 14.8. The van der Waals surface area contributed by atoms with E-state index in [0.717, 1.165) is 5.56 Å². The van der Waals surface area contributed by atoms with Crippen molar-refractivity contribution in [2.24, 2.45) is 5.92 Å². The summed E-state index contributed by atoms with van der Waals surface area (Å²) in [6.45, 7) is 3.85. The maximum absolute atomic E-state index is 12.0. The van der Waals surface area contributed by atoms with Gasteiger partial charge >= 0.3 is 5.97 Å². The average molecular weight is 356 g/mol. The predicted molar refractivity (Wildman–Crippen MR) is 91.0 cm³/mol. The number of carboxylic acid groups (broad SMARTS) is 1. The summed E-state index contributed by atoms with van der Waals surface area (Å²) in [7, 11) is -3.67. The second-order valence-electron chi connectivity index (χ2n) is 5.37. The van der Waals surface area contributed by atoms with Crippen LogP contribution in [0.4, 0.5) is 0 Å². The number of nitrogens with one attached hydrogen (secondary N) is 1. The van der Waals surface area contributed by atoms with E-state index in [1.54, 1.807) is 13.8 Å². The van der Waals surface area contributed by atoms with E-state index in [1.807, 2.05) is 30.3 Å². The summed E-state index contributed by atoms with van der Waals surface area (Å²) in [5.41, 5.74) is 0.843. The number of hydrogen-bond donors (Lipinski definition) is 2. The number of amides is 1. The Morgan fingerprint density at radius 2 is 1.75 bits per heavy atom. The summed E-state index contributed by atoms with van der Waals surface area (Å²) in [5, 5.41) is 11.7. The van der Waals surface area contributed by atoms with E-state index >= 15 is 0 Å². The molecule has 1 unspecified atom stereocenters. The van der Waals surface area contributed by atoms with Crippen LogP contribution in [0.2, 0.25) is 0 Å². The molecule has 1 aromatic rings. The van der Waals surface area contributed by atoms with Crippen molar-refractivity contribution >= 4 is 21.9 Å². The van der Waals surface area contributed by atoms with Gasteiger partial charge in [0.25, 0.3) is 0 Å². The number of carbonyl (C=O) groups excluding carboxylic acids is 1. The molecule has 0 spiro atoms. The number of rotatable bonds is 10. The molecule has 0 heterocycles. The molecule has 134 valence electrons. The zero-order chi connectivity index (χ0) is 18.2. The summed E-state index contributed by atoms with van der Waals surface area (Å²) in [6.07, 6.45) is 0.263. The lowest BCUT2D eigenvalue weighted by Crippen LogP contribution is -2.41. The molecule has 0 radical (unpaired) electrons. The summed E-state index contributed by atoms with van der Waals surface area (Å²) in [4.78, 5) is 23.2. The molecule has 0 aliphatic rings. The summed E-state index contributed by atoms with van der Waals surface area (Å²) in [5.74, 6) is -3.22. The molecule has 8 heteroatoms. The van der Waals surface area contributed by atoms with Gasteiger partial charge in [-0.15, -0.1) is 0 Å². The molecule has 1 amide bonds. The topological polar surface area (TPSA) is 104 Å². The lowest BCUT2D eigenvalue weighted by atomic mass is 9.99. The molecule has 1 rings (SSSR count). The van der Waals surface area contributed by atoms with Gasteiger partial charge in [0.1, 0.15) is 5.75 Å². The highest BCUT2D eigenvalue weighted by Crippen LogP contribution is 2.09. The van der Waals surface area contributed by atoms with Crippen molar-refractivity contribution < 1.29 is 23.1 Å². The minimum atomic E-state index is -3.67. The molecule has 7 nitrogen and oxygen atoms in total. The molecule has 0 bridgehead atoms. The predicted octanol–water partition coefficient (Wildman–Crippen LogP) is 0.718. The molecule has 1 atom stereocenters. The number of nitrogens with zero attached hydrogens (tertiary/aromatic N) is 1. The summed E-state index contributed by atoms with van der Waals surface area (Å²) >= 11 is 0. The largest absolute Gasteiger partial charge is 0.481 e. The molecule has 0 aromatic heterocycles. The van der Waals surface area contributed by atoms with Crippen LogP contribution in [0, 0.1) is 5.92 Å². The van der Waals surface area contributed by atoms with Crippen molar-refractivity contribution in [2.45, 2.75) is 20.3 Å². The van der Waals surface area contributed by atoms with Crippen LogP contribution in [-0.4, -0.2) is 55.1 Å². The normalized spacial score (nSPS) is 12.8. The van der Waals surface area contributed by atoms with Crippen LogP contribution < -0.4 is 5.32 Å². The van der Waals surface area contributed by atoms with E-state index in [9.17, 15) is 23.1 Å². The molecular formula is C16H24N2O5S. The molecule has 2 N–H and O–H groups in total. The summed E-state index contributed by atoms with van der Waals surface area (Å²) < 4.78 is 25.2. The Morgan fingerprint density at radius 3 is 2.25 bits per heavy atom. The Bertz CT molecular complexity index is 642. The molecule has 0 aliphatic carbocycles. The first-order chi connectivity index (χ1) is 11.3. The van der Waals surface area contributed by atoms with E-state index in [4.69, 9.17) is 0 Å². The highest BCUT2D eigenvalue weighted by molar-refractivity contribution is 7.89. The monoisotopic (exact) mass is 356 g/mol. The number of benzene rings is 1. The first-order valence-corrected chi connectivity index (χ1v) is 9.42. The molecule has 0 aliphatic heterocycles. The Morgan fingerprint density at radius 1 is 1.17 bits per heavy atom. The van der Waals surface area contributed by atoms with Crippen molar-refractivity contribution in [1.29, 1.82) is 0 Å². The third-order valence-corrected chi connectivity index (χ3v) is 5.56. The second kappa shape index (κ2) is 9.39. The van der Waals surface area contributed by atoms with Gasteiger partial charge < -0.3 is 10.4 Å². The van der Waals surface area contributed by atoms with Crippen molar-refractivity contribution in [3.63, 3.8) is 0 Å². The summed E-state index contributed by atoms with van der Waals surface area (Å²) in [6, 6.07) is 9.07. The maximum Gasteiger partial charge on any atom is 0.308 e. The van der Waals surface area contributed by atoms with Crippen molar-refractivity contribution in [2.75, 3.05) is 25.4 Å². The van der Waals surface area contributed by atoms with E-state index in [1.165, 1.54) is 4.31 Å². The SMILES string of the molecule is CCN(CC)S(=O)(=O)CC(=O)NCC(Cc1ccccc1)C(=O)O. The first-order valence-electron chi connectivity index (χ1n) is 7.81. The average Bonchev–Trinajstić information content (AvgIpc) is 2.52. The van der Waals surface area contributed by atoms with Crippen LogP contribution in [0.1, 0.15) is 19.4 Å². The van der Waals surface area contributed by atoms with E-state index in [-0.39, 0.29) is 26.1 Å². The number of sulfonamides is 1.